The summed E-state index contributed by atoms with van der Waals surface area (Å²) in [6.45, 7) is 0.497. The third kappa shape index (κ3) is 4.16. The molecule has 1 rings (SSSR count). The fourth-order valence-electron chi connectivity index (χ4n) is 1.41. The number of rotatable bonds is 6. The van der Waals surface area contributed by atoms with E-state index in [0.717, 1.165) is 18.4 Å². The Bertz CT molecular complexity index is 357. The van der Waals surface area contributed by atoms with Crippen molar-refractivity contribution in [2.24, 2.45) is 0 Å². The molecule has 0 saturated heterocycles. The fraction of sp³-hybridized carbons (Fsp3) is 0.455. The molecule has 1 atom stereocenters. The molecule has 0 aliphatic heterocycles. The summed E-state index contributed by atoms with van der Waals surface area (Å²) in [5.74, 6) is 0. The van der Waals surface area contributed by atoms with Crippen LogP contribution in [0.3, 0.4) is 0 Å². The Balaban J connectivity index is 2.54. The standard InChI is InChI=1S/C11H14ClNO3/c1-16-8-10(12)6-5-9-3-2-4-11(7-9)13(14)15/h2-4,7,10H,5-6,8H2,1H3. The van der Waals surface area contributed by atoms with Crippen molar-refractivity contribution in [3.05, 3.63) is 39.9 Å². The highest BCUT2D eigenvalue weighted by molar-refractivity contribution is 6.20. The summed E-state index contributed by atoms with van der Waals surface area (Å²) in [5.41, 5.74) is 1.05. The van der Waals surface area contributed by atoms with Crippen molar-refractivity contribution >= 4 is 17.3 Å². The van der Waals surface area contributed by atoms with Gasteiger partial charge >= 0.3 is 0 Å². The number of hydrogen-bond acceptors (Lipinski definition) is 3. The molecule has 1 unspecified atom stereocenters. The van der Waals surface area contributed by atoms with E-state index < -0.39 is 4.92 Å². The third-order valence-electron chi connectivity index (χ3n) is 2.22. The zero-order valence-electron chi connectivity index (χ0n) is 9.06. The van der Waals surface area contributed by atoms with Gasteiger partial charge < -0.3 is 4.74 Å². The van der Waals surface area contributed by atoms with Crippen LogP contribution < -0.4 is 0 Å². The molecule has 1 aromatic carbocycles. The number of nitro benzene ring substituents is 1. The molecule has 5 heteroatoms. The number of ether oxygens (including phenoxy) is 1. The number of aryl methyl sites for hydroxylation is 1. The zero-order valence-corrected chi connectivity index (χ0v) is 9.81. The number of non-ortho nitro benzene ring substituents is 1. The molecular formula is C11H14ClNO3. The van der Waals surface area contributed by atoms with Crippen LogP contribution >= 0.6 is 11.6 Å². The average molecular weight is 244 g/mol. The van der Waals surface area contributed by atoms with Gasteiger partial charge in [0.15, 0.2) is 0 Å². The summed E-state index contributed by atoms with van der Waals surface area (Å²) in [6, 6.07) is 6.61. The van der Waals surface area contributed by atoms with Gasteiger partial charge in [-0.25, -0.2) is 0 Å². The number of methoxy groups -OCH3 is 1. The maximum Gasteiger partial charge on any atom is 0.269 e. The maximum atomic E-state index is 10.6. The number of nitrogens with zero attached hydrogens (tertiary/aromatic N) is 1. The van der Waals surface area contributed by atoms with Gasteiger partial charge in [-0.3, -0.25) is 10.1 Å². The zero-order chi connectivity index (χ0) is 12.0. The highest BCUT2D eigenvalue weighted by Crippen LogP contribution is 2.16. The molecule has 0 N–H and O–H groups in total. The van der Waals surface area contributed by atoms with Gasteiger partial charge in [0.05, 0.1) is 16.9 Å². The first kappa shape index (κ1) is 12.9. The molecular weight excluding hydrogens is 230 g/mol. The molecule has 4 nitrogen and oxygen atoms in total. The van der Waals surface area contributed by atoms with Gasteiger partial charge in [0.2, 0.25) is 0 Å². The molecule has 0 heterocycles. The monoisotopic (exact) mass is 243 g/mol. The van der Waals surface area contributed by atoms with E-state index in [-0.39, 0.29) is 11.1 Å². The normalized spacial score (nSPS) is 12.4. The Kier molecular flexibility index (Phi) is 5.22. The summed E-state index contributed by atoms with van der Waals surface area (Å²) in [6.07, 6.45) is 1.47. The van der Waals surface area contributed by atoms with Crippen LogP contribution in [0.4, 0.5) is 5.69 Å². The fourth-order valence-corrected chi connectivity index (χ4v) is 1.65. The van der Waals surface area contributed by atoms with Crippen molar-refractivity contribution in [3.63, 3.8) is 0 Å². The van der Waals surface area contributed by atoms with Crippen LogP contribution in [0.5, 0.6) is 0 Å². The summed E-state index contributed by atoms with van der Waals surface area (Å²) >= 11 is 5.97. The summed E-state index contributed by atoms with van der Waals surface area (Å²) in [5, 5.41) is 10.5. The van der Waals surface area contributed by atoms with Gasteiger partial charge in [-0.2, -0.15) is 0 Å². The lowest BCUT2D eigenvalue weighted by Crippen LogP contribution is -2.08. The Morgan fingerprint density at radius 3 is 2.94 bits per heavy atom. The van der Waals surface area contributed by atoms with Crippen molar-refractivity contribution in [1.29, 1.82) is 0 Å². The van der Waals surface area contributed by atoms with Gasteiger partial charge in [-0.05, 0) is 18.4 Å². The molecule has 0 aliphatic carbocycles. The molecule has 0 aromatic heterocycles. The van der Waals surface area contributed by atoms with E-state index in [4.69, 9.17) is 16.3 Å². The topological polar surface area (TPSA) is 52.4 Å². The van der Waals surface area contributed by atoms with Gasteiger partial charge in [-0.15, -0.1) is 11.6 Å². The highest BCUT2D eigenvalue weighted by Gasteiger charge is 2.08. The van der Waals surface area contributed by atoms with E-state index in [1.54, 1.807) is 19.2 Å². The van der Waals surface area contributed by atoms with Crippen molar-refractivity contribution in [2.75, 3.05) is 13.7 Å². The minimum atomic E-state index is -0.392. The Hall–Kier alpha value is -1.13. The van der Waals surface area contributed by atoms with Crippen LogP contribution in [0.15, 0.2) is 24.3 Å². The smallest absolute Gasteiger partial charge is 0.269 e. The van der Waals surface area contributed by atoms with Gasteiger partial charge in [0, 0.05) is 19.2 Å². The largest absolute Gasteiger partial charge is 0.383 e. The summed E-state index contributed by atoms with van der Waals surface area (Å²) in [7, 11) is 1.60. The lowest BCUT2D eigenvalue weighted by Gasteiger charge is -2.07. The first-order chi connectivity index (χ1) is 7.63. The molecule has 0 amide bonds. The lowest BCUT2D eigenvalue weighted by atomic mass is 10.1. The minimum absolute atomic E-state index is 0.0516. The summed E-state index contributed by atoms with van der Waals surface area (Å²) in [4.78, 5) is 10.2. The molecule has 0 aliphatic rings. The predicted molar refractivity (Wildman–Crippen MR) is 62.9 cm³/mol. The third-order valence-corrected chi connectivity index (χ3v) is 2.56. The molecule has 0 spiro atoms. The van der Waals surface area contributed by atoms with Crippen molar-refractivity contribution < 1.29 is 9.66 Å². The summed E-state index contributed by atoms with van der Waals surface area (Å²) < 4.78 is 4.91. The number of benzene rings is 1. The molecule has 16 heavy (non-hydrogen) atoms. The van der Waals surface area contributed by atoms with E-state index >= 15 is 0 Å². The van der Waals surface area contributed by atoms with E-state index in [2.05, 4.69) is 0 Å². The van der Waals surface area contributed by atoms with Crippen LogP contribution in [0.2, 0.25) is 0 Å². The molecule has 0 fully saturated rings. The Labute approximate surface area is 99.3 Å². The molecule has 0 bridgehead atoms. The van der Waals surface area contributed by atoms with Crippen LogP contribution in [0.25, 0.3) is 0 Å². The minimum Gasteiger partial charge on any atom is -0.383 e. The number of nitro groups is 1. The average Bonchev–Trinajstić information content (AvgIpc) is 2.27. The molecule has 88 valence electrons. The molecule has 1 aromatic rings. The quantitative estimate of drug-likeness (QED) is 0.439. The molecule has 0 radical (unpaired) electrons. The van der Waals surface area contributed by atoms with Crippen LogP contribution in [-0.2, 0) is 11.2 Å². The number of alkyl halides is 1. The SMILES string of the molecule is COCC(Cl)CCc1cccc([N+](=O)[O-])c1. The number of halogens is 1. The van der Waals surface area contributed by atoms with E-state index in [1.807, 2.05) is 6.07 Å². The van der Waals surface area contributed by atoms with Crippen molar-refractivity contribution in [3.8, 4) is 0 Å². The maximum absolute atomic E-state index is 10.6. The van der Waals surface area contributed by atoms with Crippen LogP contribution in [-0.4, -0.2) is 24.0 Å². The second kappa shape index (κ2) is 6.45. The Morgan fingerprint density at radius 2 is 2.31 bits per heavy atom. The van der Waals surface area contributed by atoms with E-state index in [0.29, 0.717) is 6.61 Å². The van der Waals surface area contributed by atoms with Gasteiger partial charge in [0.25, 0.3) is 5.69 Å². The van der Waals surface area contributed by atoms with Crippen molar-refractivity contribution in [1.82, 2.24) is 0 Å². The van der Waals surface area contributed by atoms with Crippen molar-refractivity contribution in [2.45, 2.75) is 18.2 Å². The first-order valence-electron chi connectivity index (χ1n) is 5.00. The predicted octanol–water partition coefficient (Wildman–Crippen LogP) is 2.78. The number of hydrogen-bond donors (Lipinski definition) is 0. The van der Waals surface area contributed by atoms with E-state index in [9.17, 15) is 10.1 Å². The second-order valence-electron chi connectivity index (χ2n) is 3.52. The van der Waals surface area contributed by atoms with Crippen LogP contribution in [0.1, 0.15) is 12.0 Å². The Morgan fingerprint density at radius 1 is 1.56 bits per heavy atom. The first-order valence-corrected chi connectivity index (χ1v) is 5.43. The second-order valence-corrected chi connectivity index (χ2v) is 4.14. The molecule has 0 saturated carbocycles. The highest BCUT2D eigenvalue weighted by atomic mass is 35.5. The van der Waals surface area contributed by atoms with Gasteiger partial charge in [-0.1, -0.05) is 12.1 Å². The van der Waals surface area contributed by atoms with Crippen LogP contribution in [0, 0.1) is 10.1 Å². The van der Waals surface area contributed by atoms with E-state index in [1.165, 1.54) is 6.07 Å². The van der Waals surface area contributed by atoms with Gasteiger partial charge in [0.1, 0.15) is 0 Å². The lowest BCUT2D eigenvalue weighted by molar-refractivity contribution is -0.384.